The van der Waals surface area contributed by atoms with Crippen molar-refractivity contribution >= 4 is 5.69 Å². The van der Waals surface area contributed by atoms with E-state index in [-0.39, 0.29) is 5.75 Å². The number of anilines is 1. The zero-order valence-electron chi connectivity index (χ0n) is 14.7. The number of benzene rings is 1. The molecule has 0 saturated carbocycles. The largest absolute Gasteiger partial charge is 0.573 e. The van der Waals surface area contributed by atoms with Gasteiger partial charge in [0, 0.05) is 18.8 Å². The Balaban J connectivity index is 0.000000414. The molecule has 0 aromatic heterocycles. The molecule has 2 rings (SSSR count). The summed E-state index contributed by atoms with van der Waals surface area (Å²) in [6, 6.07) is 6.34. The van der Waals surface area contributed by atoms with Gasteiger partial charge in [-0.25, -0.2) is 0 Å². The molecule has 1 N–H and O–H groups in total. The maximum absolute atomic E-state index is 11.7. The summed E-state index contributed by atoms with van der Waals surface area (Å²) in [6.07, 6.45) is -0.385. The van der Waals surface area contributed by atoms with E-state index in [1.54, 1.807) is 7.05 Å². The maximum Gasteiger partial charge on any atom is 0.573 e. The molecule has 1 aromatic carbocycles. The Morgan fingerprint density at radius 3 is 2.04 bits per heavy atom. The summed E-state index contributed by atoms with van der Waals surface area (Å²) in [7, 11) is 3.89. The van der Waals surface area contributed by atoms with Gasteiger partial charge in [-0.15, -0.1) is 13.2 Å². The van der Waals surface area contributed by atoms with Gasteiger partial charge in [-0.2, -0.15) is 0 Å². The van der Waals surface area contributed by atoms with Crippen molar-refractivity contribution in [3.05, 3.63) is 24.3 Å². The van der Waals surface area contributed by atoms with E-state index < -0.39 is 6.36 Å². The Hall–Kier alpha value is -1.43. The first-order valence-electron chi connectivity index (χ1n) is 8.05. The highest BCUT2D eigenvalue weighted by atomic mass is 19.4. The fourth-order valence-corrected chi connectivity index (χ4v) is 2.07. The lowest BCUT2D eigenvalue weighted by Gasteiger charge is -2.29. The fourth-order valence-electron chi connectivity index (χ4n) is 2.07. The normalized spacial score (nSPS) is 18.0. The second kappa shape index (κ2) is 11.2. The monoisotopic (exact) mass is 334 g/mol. The maximum atomic E-state index is 11.7. The second-order valence-corrected chi connectivity index (χ2v) is 5.15. The predicted molar refractivity (Wildman–Crippen MR) is 90.0 cm³/mol. The van der Waals surface area contributed by atoms with Crippen molar-refractivity contribution in [3.8, 4) is 5.75 Å². The van der Waals surface area contributed by atoms with Crippen LogP contribution in [0.15, 0.2) is 24.3 Å². The van der Waals surface area contributed by atoms with Crippen molar-refractivity contribution in [2.45, 2.75) is 52.4 Å². The molecule has 1 heterocycles. The number of hydrogen-bond acceptors (Lipinski definition) is 3. The average Bonchev–Trinajstić information content (AvgIpc) is 2.52. The van der Waals surface area contributed by atoms with Crippen LogP contribution in [0, 0.1) is 0 Å². The average molecular weight is 334 g/mol. The lowest BCUT2D eigenvalue weighted by molar-refractivity contribution is -0.274. The quantitative estimate of drug-likeness (QED) is 0.810. The standard InChI is InChI=1S/C8H8F3NO.C7H15N.C2H6/c1-12-6-2-4-7(5-3-6)13-8(9,10)11;1-7-5-3-4-6-8(7)2;1-2/h2-5,12H,1H3;7H,3-6H2,1-2H3;1-2H3. The molecule has 1 aromatic rings. The molecular formula is C17H29F3N2O. The number of alkyl halides is 3. The van der Waals surface area contributed by atoms with Gasteiger partial charge in [-0.3, -0.25) is 0 Å². The van der Waals surface area contributed by atoms with Gasteiger partial charge < -0.3 is 15.0 Å². The summed E-state index contributed by atoms with van der Waals surface area (Å²) < 4.78 is 38.7. The van der Waals surface area contributed by atoms with Crippen LogP contribution in [-0.4, -0.2) is 37.9 Å². The van der Waals surface area contributed by atoms with Gasteiger partial charge >= 0.3 is 6.36 Å². The van der Waals surface area contributed by atoms with E-state index in [4.69, 9.17) is 0 Å². The van der Waals surface area contributed by atoms with E-state index in [1.165, 1.54) is 50.1 Å². The van der Waals surface area contributed by atoms with Crippen LogP contribution in [0.5, 0.6) is 5.75 Å². The predicted octanol–water partition coefficient (Wildman–Crippen LogP) is 5.14. The molecule has 0 spiro atoms. The summed E-state index contributed by atoms with van der Waals surface area (Å²) in [4.78, 5) is 2.43. The van der Waals surface area contributed by atoms with E-state index >= 15 is 0 Å². The van der Waals surface area contributed by atoms with Crippen molar-refractivity contribution in [2.24, 2.45) is 0 Å². The minimum absolute atomic E-state index is 0.216. The molecule has 6 heteroatoms. The van der Waals surface area contributed by atoms with Crippen molar-refractivity contribution < 1.29 is 17.9 Å². The molecule has 3 nitrogen and oxygen atoms in total. The van der Waals surface area contributed by atoms with Crippen molar-refractivity contribution in [1.29, 1.82) is 0 Å². The lowest BCUT2D eigenvalue weighted by Crippen LogP contribution is -2.33. The smallest absolute Gasteiger partial charge is 0.406 e. The molecule has 134 valence electrons. The molecule has 1 fully saturated rings. The molecule has 0 radical (unpaired) electrons. The van der Waals surface area contributed by atoms with E-state index in [2.05, 4.69) is 28.9 Å². The third-order valence-corrected chi connectivity index (χ3v) is 3.51. The van der Waals surface area contributed by atoms with Gasteiger partial charge in [0.25, 0.3) is 0 Å². The van der Waals surface area contributed by atoms with Gasteiger partial charge in [-0.05, 0) is 57.6 Å². The summed E-state index contributed by atoms with van der Waals surface area (Å²) >= 11 is 0. The Kier molecular flexibility index (Phi) is 10.5. The molecule has 1 unspecified atom stereocenters. The fraction of sp³-hybridized carbons (Fsp3) is 0.647. The van der Waals surface area contributed by atoms with Gasteiger partial charge in [0.15, 0.2) is 0 Å². The van der Waals surface area contributed by atoms with Crippen LogP contribution < -0.4 is 10.1 Å². The van der Waals surface area contributed by atoms with E-state index in [0.717, 1.165) is 11.7 Å². The second-order valence-electron chi connectivity index (χ2n) is 5.15. The van der Waals surface area contributed by atoms with E-state index in [9.17, 15) is 13.2 Å². The first-order valence-corrected chi connectivity index (χ1v) is 8.05. The van der Waals surface area contributed by atoms with Gasteiger partial charge in [0.1, 0.15) is 5.75 Å². The van der Waals surface area contributed by atoms with Crippen LogP contribution in [0.3, 0.4) is 0 Å². The summed E-state index contributed by atoms with van der Waals surface area (Å²) in [5, 5.41) is 2.78. The number of hydrogen-bond donors (Lipinski definition) is 1. The third kappa shape index (κ3) is 10.0. The summed E-state index contributed by atoms with van der Waals surface area (Å²) in [5.41, 5.74) is 0.731. The molecule has 1 atom stereocenters. The van der Waals surface area contributed by atoms with E-state index in [1.807, 2.05) is 13.8 Å². The highest BCUT2D eigenvalue weighted by Crippen LogP contribution is 2.23. The Morgan fingerprint density at radius 1 is 1.13 bits per heavy atom. The topological polar surface area (TPSA) is 24.5 Å². The molecule has 0 bridgehead atoms. The number of piperidine rings is 1. The highest BCUT2D eigenvalue weighted by Gasteiger charge is 2.30. The Bertz CT molecular complexity index is 397. The Morgan fingerprint density at radius 2 is 1.70 bits per heavy atom. The van der Waals surface area contributed by atoms with Crippen molar-refractivity contribution in [1.82, 2.24) is 4.90 Å². The number of halogens is 3. The van der Waals surface area contributed by atoms with Gasteiger partial charge in [0.05, 0.1) is 0 Å². The zero-order valence-corrected chi connectivity index (χ0v) is 14.7. The first-order chi connectivity index (χ1) is 10.8. The number of nitrogens with zero attached hydrogens (tertiary/aromatic N) is 1. The third-order valence-electron chi connectivity index (χ3n) is 3.51. The molecule has 1 aliphatic rings. The number of rotatable bonds is 2. The van der Waals surface area contributed by atoms with Crippen LogP contribution in [-0.2, 0) is 0 Å². The van der Waals surface area contributed by atoms with E-state index in [0.29, 0.717) is 0 Å². The van der Waals surface area contributed by atoms with Crippen LogP contribution >= 0.6 is 0 Å². The number of nitrogens with one attached hydrogen (secondary N) is 1. The zero-order chi connectivity index (χ0) is 17.9. The molecule has 0 aliphatic carbocycles. The summed E-state index contributed by atoms with van der Waals surface area (Å²) in [5.74, 6) is -0.216. The number of ether oxygens (including phenoxy) is 1. The van der Waals surface area contributed by atoms with Crippen molar-refractivity contribution in [2.75, 3.05) is 26.0 Å². The van der Waals surface area contributed by atoms with Crippen molar-refractivity contribution in [3.63, 3.8) is 0 Å². The molecule has 1 saturated heterocycles. The molecule has 23 heavy (non-hydrogen) atoms. The minimum Gasteiger partial charge on any atom is -0.406 e. The van der Waals surface area contributed by atoms with Crippen LogP contribution in [0.25, 0.3) is 0 Å². The van der Waals surface area contributed by atoms with Gasteiger partial charge in [-0.1, -0.05) is 20.3 Å². The Labute approximate surface area is 137 Å². The number of likely N-dealkylation sites (tertiary alicyclic amines) is 1. The van der Waals surface area contributed by atoms with Crippen LogP contribution in [0.1, 0.15) is 40.0 Å². The molecular weight excluding hydrogens is 305 g/mol. The van der Waals surface area contributed by atoms with Crippen LogP contribution in [0.4, 0.5) is 18.9 Å². The SMILES string of the molecule is CC.CC1CCCCN1C.CNc1ccc(OC(F)(F)F)cc1. The molecule has 0 amide bonds. The summed E-state index contributed by atoms with van der Waals surface area (Å²) in [6.45, 7) is 7.61. The molecule has 1 aliphatic heterocycles. The minimum atomic E-state index is -4.62. The lowest BCUT2D eigenvalue weighted by atomic mass is 10.1. The highest BCUT2D eigenvalue weighted by molar-refractivity contribution is 5.45. The van der Waals surface area contributed by atoms with Crippen LogP contribution in [0.2, 0.25) is 0 Å². The van der Waals surface area contributed by atoms with Gasteiger partial charge in [0.2, 0.25) is 0 Å². The first kappa shape index (κ1) is 21.6.